The molecule has 2 aromatic heterocycles. The molecule has 0 spiro atoms. The van der Waals surface area contributed by atoms with Crippen molar-refractivity contribution in [3.05, 3.63) is 47.8 Å². The second-order valence-corrected chi connectivity index (χ2v) is 11.9. The summed E-state index contributed by atoms with van der Waals surface area (Å²) >= 11 is -0.274. The number of ether oxygens (including phenoxy) is 2. The van der Waals surface area contributed by atoms with Gasteiger partial charge in [0.15, 0.2) is 5.82 Å². The second-order valence-electron chi connectivity index (χ2n) is 10.8. The molecule has 0 aliphatic carbocycles. The first-order valence-electron chi connectivity index (χ1n) is 13.6. The summed E-state index contributed by atoms with van der Waals surface area (Å²) in [7, 11) is 3.33. The summed E-state index contributed by atoms with van der Waals surface area (Å²) in [6.07, 6.45) is 2.19. The van der Waals surface area contributed by atoms with Crippen LogP contribution in [0.3, 0.4) is 0 Å². The Labute approximate surface area is 250 Å². The molecule has 3 N–H and O–H groups in total. The van der Waals surface area contributed by atoms with E-state index >= 15 is 0 Å². The number of thioether (sulfide) groups is 1. The molecule has 43 heavy (non-hydrogen) atoms. The normalized spacial score (nSPS) is 20.1. The van der Waals surface area contributed by atoms with Gasteiger partial charge in [-0.2, -0.15) is 13.2 Å². The molecule has 0 radical (unpaired) electrons. The van der Waals surface area contributed by atoms with Gasteiger partial charge in [0.05, 0.1) is 55.2 Å². The third-order valence-corrected chi connectivity index (χ3v) is 8.08. The average Bonchev–Trinajstić information content (AvgIpc) is 3.28. The van der Waals surface area contributed by atoms with Crippen LogP contribution in [0, 0.1) is 11.8 Å². The zero-order valence-corrected chi connectivity index (χ0v) is 24.7. The van der Waals surface area contributed by atoms with Gasteiger partial charge in [-0.05, 0) is 44.7 Å². The maximum Gasteiger partial charge on any atom is 0.447 e. The van der Waals surface area contributed by atoms with Crippen molar-refractivity contribution in [1.82, 2.24) is 19.6 Å². The Kier molecular flexibility index (Phi) is 8.96. The van der Waals surface area contributed by atoms with Gasteiger partial charge in [-0.25, -0.2) is 9.37 Å². The first-order chi connectivity index (χ1) is 20.4. The maximum atomic E-state index is 14.7. The van der Waals surface area contributed by atoms with Gasteiger partial charge in [0, 0.05) is 42.8 Å². The van der Waals surface area contributed by atoms with Gasteiger partial charge in [-0.15, -0.1) is 0 Å². The first-order valence-corrected chi connectivity index (χ1v) is 14.4. The van der Waals surface area contributed by atoms with Gasteiger partial charge < -0.3 is 34.7 Å². The predicted molar refractivity (Wildman–Crippen MR) is 157 cm³/mol. The molecule has 9 nitrogen and oxygen atoms in total. The molecule has 2 saturated heterocycles. The zero-order chi connectivity index (χ0) is 30.8. The largest absolute Gasteiger partial charge is 0.495 e. The van der Waals surface area contributed by atoms with Crippen molar-refractivity contribution in [2.24, 2.45) is 0 Å². The molecular weight excluding hydrogens is 588 g/mol. The number of benzene rings is 1. The minimum Gasteiger partial charge on any atom is -0.495 e. The number of methoxy groups -OCH3 is 1. The summed E-state index contributed by atoms with van der Waals surface area (Å²) in [6.45, 7) is 3.76. The van der Waals surface area contributed by atoms with Gasteiger partial charge in [0.25, 0.3) is 5.91 Å². The van der Waals surface area contributed by atoms with E-state index in [2.05, 4.69) is 32.8 Å². The Morgan fingerprint density at radius 3 is 2.77 bits per heavy atom. The third-order valence-electron chi connectivity index (χ3n) is 7.24. The molecule has 4 heterocycles. The van der Waals surface area contributed by atoms with Crippen molar-refractivity contribution in [3.8, 4) is 17.6 Å². The highest BCUT2D eigenvalue weighted by atomic mass is 32.2. The number of amides is 1. The number of fused-ring (bicyclic) bond motifs is 1. The van der Waals surface area contributed by atoms with Crippen LogP contribution in [-0.2, 0) is 4.74 Å². The quantitative estimate of drug-likeness (QED) is 0.194. The smallest absolute Gasteiger partial charge is 0.447 e. The lowest BCUT2D eigenvalue weighted by molar-refractivity contribution is -0.0593. The topological polar surface area (TPSA) is 92.2 Å². The Morgan fingerprint density at radius 1 is 1.30 bits per heavy atom. The Hall–Kier alpha value is -3.67. The van der Waals surface area contributed by atoms with Crippen LogP contribution < -0.4 is 20.7 Å². The summed E-state index contributed by atoms with van der Waals surface area (Å²) in [5.41, 5.74) is -3.57. The summed E-state index contributed by atoms with van der Waals surface area (Å²) in [5.74, 6) is 6.20. The molecule has 1 aromatic carbocycles. The number of hydrogen-bond acceptors (Lipinski definition) is 8. The van der Waals surface area contributed by atoms with Crippen LogP contribution in [0.1, 0.15) is 29.3 Å². The lowest BCUT2D eigenvalue weighted by Crippen LogP contribution is -2.59. The summed E-state index contributed by atoms with van der Waals surface area (Å²) in [4.78, 5) is 18.9. The van der Waals surface area contributed by atoms with E-state index in [4.69, 9.17) is 9.47 Å². The van der Waals surface area contributed by atoms with Crippen molar-refractivity contribution in [2.45, 2.75) is 41.6 Å². The molecule has 1 amide bonds. The van der Waals surface area contributed by atoms with E-state index < -0.39 is 23.3 Å². The summed E-state index contributed by atoms with van der Waals surface area (Å²) in [5, 5.41) is 9.01. The van der Waals surface area contributed by atoms with E-state index in [1.54, 1.807) is 18.2 Å². The van der Waals surface area contributed by atoms with Gasteiger partial charge in [-0.1, -0.05) is 11.8 Å². The number of hydrogen-bond donors (Lipinski definition) is 3. The van der Waals surface area contributed by atoms with E-state index in [-0.39, 0.29) is 47.2 Å². The number of rotatable bonds is 8. The molecular formula is C29H32F4N6O3S. The van der Waals surface area contributed by atoms with Crippen molar-refractivity contribution >= 4 is 34.7 Å². The molecule has 0 saturated carbocycles. The van der Waals surface area contributed by atoms with Gasteiger partial charge in [0.2, 0.25) is 0 Å². The highest BCUT2D eigenvalue weighted by Gasteiger charge is 2.35. The highest BCUT2D eigenvalue weighted by molar-refractivity contribution is 8.00. The SMILES string of the molecule is COc1ccc(C(=O)NC2(C)COC2)cc1NCC#Cc1cc2c(N[C@@H]3CCN(C)C[C@@H]3F)nccn2c1SC(F)(F)F. The first kappa shape index (κ1) is 30.8. The molecule has 0 bridgehead atoms. The fraction of sp³-hybridized carbons (Fsp3) is 0.448. The number of nitrogens with one attached hydrogen (secondary N) is 3. The van der Waals surface area contributed by atoms with Gasteiger partial charge in [0.1, 0.15) is 16.9 Å². The number of carbonyl (C=O) groups excluding carboxylic acids is 1. The third kappa shape index (κ3) is 7.29. The Bertz CT molecular complexity index is 1550. The molecule has 2 aliphatic heterocycles. The average molecular weight is 621 g/mol. The van der Waals surface area contributed by atoms with Crippen LogP contribution in [0.5, 0.6) is 5.75 Å². The number of anilines is 2. The van der Waals surface area contributed by atoms with Crippen molar-refractivity contribution in [3.63, 3.8) is 0 Å². The van der Waals surface area contributed by atoms with Crippen LogP contribution >= 0.6 is 11.8 Å². The fourth-order valence-corrected chi connectivity index (χ4v) is 5.68. The number of halogens is 4. The molecule has 230 valence electrons. The van der Waals surface area contributed by atoms with E-state index in [0.717, 1.165) is 0 Å². The lowest BCUT2D eigenvalue weighted by atomic mass is 10.00. The number of nitrogens with zero attached hydrogens (tertiary/aromatic N) is 3. The van der Waals surface area contributed by atoms with Crippen LogP contribution in [0.15, 0.2) is 41.7 Å². The van der Waals surface area contributed by atoms with Crippen LogP contribution in [0.2, 0.25) is 0 Å². The molecule has 5 rings (SSSR count). The Morgan fingerprint density at radius 2 is 2.09 bits per heavy atom. The number of piperidine rings is 1. The van der Waals surface area contributed by atoms with E-state index in [1.807, 2.05) is 18.9 Å². The van der Waals surface area contributed by atoms with Crippen molar-refractivity contribution < 1.29 is 31.8 Å². The van der Waals surface area contributed by atoms with E-state index in [9.17, 15) is 22.4 Å². The van der Waals surface area contributed by atoms with E-state index in [1.165, 1.54) is 30.0 Å². The van der Waals surface area contributed by atoms with Crippen LogP contribution in [-0.4, -0.2) is 90.5 Å². The number of alkyl halides is 4. The lowest BCUT2D eigenvalue weighted by Gasteiger charge is -2.38. The predicted octanol–water partition coefficient (Wildman–Crippen LogP) is 4.39. The minimum absolute atomic E-state index is 0.0534. The zero-order valence-electron chi connectivity index (χ0n) is 23.8. The van der Waals surface area contributed by atoms with Gasteiger partial charge in [-0.3, -0.25) is 4.79 Å². The standard InChI is InChI=1S/C29H32F4N6O3S/c1-28(16-42-17-28)37-26(40)18-6-7-24(41-3)22(13-18)34-9-4-5-19-14-23-25(36-21-8-11-38(2)15-20(21)30)35-10-12-39(23)27(19)43-29(31,32)33/h6-7,10,12-14,20-21,34H,8-9,11,15-17H2,1-3H3,(H,35,36)(H,37,40)/t20-,21+/m0/s1. The summed E-state index contributed by atoms with van der Waals surface area (Å²) in [6, 6.07) is 5.92. The van der Waals surface area contributed by atoms with Crippen molar-refractivity contribution in [1.29, 1.82) is 0 Å². The number of aromatic nitrogens is 2. The second kappa shape index (κ2) is 12.5. The highest BCUT2D eigenvalue weighted by Crippen LogP contribution is 2.40. The molecule has 2 aliphatic rings. The fourth-order valence-electron chi connectivity index (χ4n) is 4.98. The molecule has 14 heteroatoms. The minimum atomic E-state index is -4.56. The monoisotopic (exact) mass is 620 g/mol. The van der Waals surface area contributed by atoms with Crippen molar-refractivity contribution in [2.75, 3.05) is 57.6 Å². The number of carbonyl (C=O) groups is 1. The van der Waals surface area contributed by atoms with Crippen LogP contribution in [0.4, 0.5) is 29.1 Å². The Balaban J connectivity index is 1.37. The molecule has 3 aromatic rings. The molecule has 0 unspecified atom stereocenters. The van der Waals surface area contributed by atoms with Crippen LogP contribution in [0.25, 0.3) is 5.52 Å². The number of likely N-dealkylation sites (tertiary alicyclic amines) is 1. The molecule has 2 atom stereocenters. The summed E-state index contributed by atoms with van der Waals surface area (Å²) < 4.78 is 67.3. The van der Waals surface area contributed by atoms with Gasteiger partial charge >= 0.3 is 5.51 Å². The molecule has 2 fully saturated rings. The van der Waals surface area contributed by atoms with E-state index in [0.29, 0.717) is 48.7 Å². The maximum absolute atomic E-state index is 14.7.